The Morgan fingerprint density at radius 1 is 1.39 bits per heavy atom. The first kappa shape index (κ1) is 12.1. The van der Waals surface area contributed by atoms with Crippen LogP contribution in [0, 0.1) is 6.92 Å². The number of aromatic hydroxyl groups is 1. The zero-order valence-corrected chi connectivity index (χ0v) is 10.2. The molecule has 94 valence electrons. The van der Waals surface area contributed by atoms with E-state index in [0.717, 1.165) is 5.56 Å². The first-order valence-electron chi connectivity index (χ1n) is 5.50. The second-order valence-corrected chi connectivity index (χ2v) is 4.00. The Morgan fingerprint density at radius 2 is 2.06 bits per heavy atom. The summed E-state index contributed by atoms with van der Waals surface area (Å²) in [5, 5.41) is 15.9. The number of aryl methyl sites for hydroxylation is 2. The number of aromatic nitrogens is 3. The predicted octanol–water partition coefficient (Wildman–Crippen LogP) is 1.01. The number of rotatable bonds is 3. The molecule has 0 unspecified atom stereocenters. The average molecular weight is 246 g/mol. The highest BCUT2D eigenvalue weighted by Gasteiger charge is 2.09. The number of nitrogens with zero attached hydrogens (tertiary/aromatic N) is 3. The molecule has 1 amide bonds. The zero-order valence-electron chi connectivity index (χ0n) is 10.2. The number of hydrogen-bond acceptors (Lipinski definition) is 4. The number of phenolic OH excluding ortho intramolecular Hbond substituents is 1. The van der Waals surface area contributed by atoms with E-state index in [2.05, 4.69) is 15.4 Å². The minimum Gasteiger partial charge on any atom is -0.508 e. The molecule has 0 fully saturated rings. The molecule has 0 radical (unpaired) electrons. The molecule has 1 aromatic heterocycles. The van der Waals surface area contributed by atoms with Crippen molar-refractivity contribution in [2.75, 3.05) is 5.32 Å². The topological polar surface area (TPSA) is 80.0 Å². The van der Waals surface area contributed by atoms with E-state index in [4.69, 9.17) is 5.11 Å². The van der Waals surface area contributed by atoms with Crippen molar-refractivity contribution in [1.82, 2.24) is 14.8 Å². The van der Waals surface area contributed by atoms with E-state index in [1.54, 1.807) is 38.2 Å². The molecule has 0 aliphatic heterocycles. The molecular formula is C12H14N4O2. The lowest BCUT2D eigenvalue weighted by Crippen LogP contribution is -2.17. The molecular weight excluding hydrogens is 232 g/mol. The highest BCUT2D eigenvalue weighted by atomic mass is 16.3. The quantitative estimate of drug-likeness (QED) is 0.847. The summed E-state index contributed by atoms with van der Waals surface area (Å²) < 4.78 is 1.52. The molecule has 2 rings (SSSR count). The molecule has 6 heteroatoms. The van der Waals surface area contributed by atoms with Gasteiger partial charge >= 0.3 is 0 Å². The van der Waals surface area contributed by atoms with Crippen LogP contribution in [0.5, 0.6) is 5.75 Å². The van der Waals surface area contributed by atoms with Crippen LogP contribution in [0.2, 0.25) is 0 Å². The Morgan fingerprint density at radius 3 is 2.61 bits per heavy atom. The molecule has 1 heterocycles. The number of carbonyl (C=O) groups is 1. The van der Waals surface area contributed by atoms with E-state index >= 15 is 0 Å². The van der Waals surface area contributed by atoms with Crippen molar-refractivity contribution in [3.05, 3.63) is 35.7 Å². The van der Waals surface area contributed by atoms with Gasteiger partial charge in [-0.1, -0.05) is 12.1 Å². The van der Waals surface area contributed by atoms with E-state index in [1.165, 1.54) is 4.68 Å². The van der Waals surface area contributed by atoms with E-state index in [0.29, 0.717) is 11.8 Å². The molecule has 2 N–H and O–H groups in total. The van der Waals surface area contributed by atoms with Gasteiger partial charge in [0.05, 0.1) is 6.42 Å². The summed E-state index contributed by atoms with van der Waals surface area (Å²) >= 11 is 0. The van der Waals surface area contributed by atoms with Crippen LogP contribution in [-0.2, 0) is 18.3 Å². The van der Waals surface area contributed by atoms with Crippen molar-refractivity contribution in [2.24, 2.45) is 7.05 Å². The van der Waals surface area contributed by atoms with Crippen molar-refractivity contribution in [3.8, 4) is 5.75 Å². The van der Waals surface area contributed by atoms with Gasteiger partial charge in [-0.05, 0) is 24.6 Å². The third kappa shape index (κ3) is 2.85. The van der Waals surface area contributed by atoms with Crippen molar-refractivity contribution in [1.29, 1.82) is 0 Å². The smallest absolute Gasteiger partial charge is 0.231 e. The second-order valence-electron chi connectivity index (χ2n) is 4.00. The van der Waals surface area contributed by atoms with Gasteiger partial charge in [-0.2, -0.15) is 10.1 Å². The number of anilines is 1. The molecule has 1 aromatic carbocycles. The van der Waals surface area contributed by atoms with Gasteiger partial charge in [0.1, 0.15) is 11.6 Å². The monoisotopic (exact) mass is 246 g/mol. The Hall–Kier alpha value is -2.37. The van der Waals surface area contributed by atoms with Gasteiger partial charge in [-0.25, -0.2) is 4.68 Å². The van der Waals surface area contributed by atoms with E-state index in [-0.39, 0.29) is 18.1 Å². The van der Waals surface area contributed by atoms with Gasteiger partial charge < -0.3 is 5.11 Å². The third-order valence-corrected chi connectivity index (χ3v) is 2.42. The number of amides is 1. The fourth-order valence-corrected chi connectivity index (χ4v) is 1.59. The SMILES string of the molecule is Cc1nc(NC(=O)Cc2ccc(O)cc2)n(C)n1. The summed E-state index contributed by atoms with van der Waals surface area (Å²) in [6.07, 6.45) is 0.228. The van der Waals surface area contributed by atoms with E-state index in [9.17, 15) is 4.79 Å². The van der Waals surface area contributed by atoms with Gasteiger partial charge in [-0.15, -0.1) is 0 Å². The Labute approximate surface area is 104 Å². The lowest BCUT2D eigenvalue weighted by molar-refractivity contribution is -0.115. The molecule has 0 atom stereocenters. The highest BCUT2D eigenvalue weighted by molar-refractivity contribution is 5.90. The number of nitrogens with one attached hydrogen (secondary N) is 1. The maximum absolute atomic E-state index is 11.8. The Balaban J connectivity index is 2.01. The maximum Gasteiger partial charge on any atom is 0.231 e. The second kappa shape index (κ2) is 4.87. The fourth-order valence-electron chi connectivity index (χ4n) is 1.59. The van der Waals surface area contributed by atoms with Crippen LogP contribution in [-0.4, -0.2) is 25.8 Å². The number of benzene rings is 1. The minimum absolute atomic E-state index is 0.170. The molecule has 0 bridgehead atoms. The molecule has 2 aromatic rings. The lowest BCUT2D eigenvalue weighted by Gasteiger charge is -2.04. The van der Waals surface area contributed by atoms with Gasteiger partial charge in [0, 0.05) is 7.05 Å². The van der Waals surface area contributed by atoms with Gasteiger partial charge in [-0.3, -0.25) is 10.1 Å². The average Bonchev–Trinajstić information content (AvgIpc) is 2.61. The van der Waals surface area contributed by atoms with Gasteiger partial charge in [0.15, 0.2) is 0 Å². The van der Waals surface area contributed by atoms with Crippen LogP contribution < -0.4 is 5.32 Å². The normalized spacial score (nSPS) is 10.3. The highest BCUT2D eigenvalue weighted by Crippen LogP contribution is 2.11. The summed E-state index contributed by atoms with van der Waals surface area (Å²) in [4.78, 5) is 15.9. The zero-order chi connectivity index (χ0) is 13.1. The molecule has 0 saturated heterocycles. The van der Waals surface area contributed by atoms with Crippen LogP contribution in [0.25, 0.3) is 0 Å². The van der Waals surface area contributed by atoms with Crippen LogP contribution in [0.15, 0.2) is 24.3 Å². The molecule has 18 heavy (non-hydrogen) atoms. The van der Waals surface area contributed by atoms with E-state index in [1.807, 2.05) is 0 Å². The largest absolute Gasteiger partial charge is 0.508 e. The van der Waals surface area contributed by atoms with Crippen molar-refractivity contribution < 1.29 is 9.90 Å². The molecule has 0 aliphatic carbocycles. The van der Waals surface area contributed by atoms with Crippen molar-refractivity contribution in [2.45, 2.75) is 13.3 Å². The predicted molar refractivity (Wildman–Crippen MR) is 66.2 cm³/mol. The van der Waals surface area contributed by atoms with Crippen molar-refractivity contribution >= 4 is 11.9 Å². The molecule has 0 spiro atoms. The first-order chi connectivity index (χ1) is 8.54. The third-order valence-electron chi connectivity index (χ3n) is 2.42. The summed E-state index contributed by atoms with van der Waals surface area (Å²) in [5.74, 6) is 1.05. The summed E-state index contributed by atoms with van der Waals surface area (Å²) in [6, 6.07) is 6.51. The minimum atomic E-state index is -0.170. The standard InChI is InChI=1S/C12H14N4O2/c1-8-13-12(16(2)15-8)14-11(18)7-9-3-5-10(17)6-4-9/h3-6,17H,7H2,1-2H3,(H,13,14,15,18). The number of phenols is 1. The fraction of sp³-hybridized carbons (Fsp3) is 0.250. The van der Waals surface area contributed by atoms with E-state index < -0.39 is 0 Å². The lowest BCUT2D eigenvalue weighted by atomic mass is 10.1. The van der Waals surface area contributed by atoms with Crippen LogP contribution in [0.4, 0.5) is 5.95 Å². The summed E-state index contributed by atoms with van der Waals surface area (Å²) in [6.45, 7) is 1.76. The van der Waals surface area contributed by atoms with Crippen LogP contribution >= 0.6 is 0 Å². The summed E-state index contributed by atoms with van der Waals surface area (Å²) in [7, 11) is 1.72. The molecule has 6 nitrogen and oxygen atoms in total. The van der Waals surface area contributed by atoms with Crippen LogP contribution in [0.1, 0.15) is 11.4 Å². The van der Waals surface area contributed by atoms with Crippen LogP contribution in [0.3, 0.4) is 0 Å². The summed E-state index contributed by atoms with van der Waals surface area (Å²) in [5.41, 5.74) is 0.823. The number of hydrogen-bond donors (Lipinski definition) is 2. The maximum atomic E-state index is 11.8. The molecule has 0 aliphatic rings. The van der Waals surface area contributed by atoms with Crippen molar-refractivity contribution in [3.63, 3.8) is 0 Å². The van der Waals surface area contributed by atoms with Gasteiger partial charge in [0.2, 0.25) is 11.9 Å². The first-order valence-corrected chi connectivity index (χ1v) is 5.50. The molecule has 0 saturated carbocycles. The Bertz CT molecular complexity index is 560. The number of carbonyl (C=O) groups excluding carboxylic acids is 1. The van der Waals surface area contributed by atoms with Gasteiger partial charge in [0.25, 0.3) is 0 Å². The Kier molecular flexibility index (Phi) is 3.27.